The number of alkyl halides is 2. The number of sulfonamides is 1. The van der Waals surface area contributed by atoms with E-state index < -0.39 is 86.2 Å². The number of fused-ring (bicyclic) bond motifs is 3. The van der Waals surface area contributed by atoms with E-state index in [9.17, 15) is 36.4 Å². The van der Waals surface area contributed by atoms with Gasteiger partial charge in [-0.05, 0) is 77.2 Å². The van der Waals surface area contributed by atoms with Crippen LogP contribution in [0.5, 0.6) is 11.6 Å². The number of alkyl carbamates (subject to hydrolysis) is 1. The third-order valence-corrected chi connectivity index (χ3v) is 14.1. The van der Waals surface area contributed by atoms with E-state index >= 15 is 0 Å². The van der Waals surface area contributed by atoms with Crippen LogP contribution in [0.2, 0.25) is 0 Å². The monoisotopic (exact) mass is 817 g/mol. The van der Waals surface area contributed by atoms with Crippen molar-refractivity contribution in [2.45, 2.75) is 126 Å². The number of nitrogens with zero attached hydrogens (tertiary/aromatic N) is 2. The zero-order valence-corrected chi connectivity index (χ0v) is 34.0. The summed E-state index contributed by atoms with van der Waals surface area (Å²) in [6.45, 7) is 7.41. The standard InChI is InChI=1S/C40H53F2N5O9S/c1-7-24-18-23(2)12-8-9-13-25-20-40(25,36(50)46-57(52,53)39(5)16-17-39)45-32(48)29-19-26(55-33-28-15-11-10-14-27(28)30(54-6)21-43-33)22-47(29)34(49)31(24)44-37(51)56-38(3,4)35(41)42/h9-11,13-15,21,23-26,29,31,35H,7-8,12,16-20,22H2,1-6H3,(H,44,51)(H,45,48)(H,46,50). The third-order valence-electron chi connectivity index (χ3n) is 12.0. The maximum Gasteiger partial charge on any atom is 0.408 e. The second-order valence-electron chi connectivity index (χ2n) is 16.7. The number of carbonyl (C=O) groups excluding carboxylic acids is 4. The van der Waals surface area contributed by atoms with E-state index in [0.29, 0.717) is 49.7 Å². The molecule has 14 nitrogen and oxygen atoms in total. The molecule has 3 fully saturated rings. The van der Waals surface area contributed by atoms with E-state index in [2.05, 4.69) is 20.3 Å². The number of hydrogen-bond donors (Lipinski definition) is 3. The Morgan fingerprint density at radius 2 is 1.84 bits per heavy atom. The summed E-state index contributed by atoms with van der Waals surface area (Å²) in [5, 5.41) is 6.76. The van der Waals surface area contributed by atoms with Crippen LogP contribution in [0.3, 0.4) is 0 Å². The molecule has 7 atom stereocenters. The summed E-state index contributed by atoms with van der Waals surface area (Å²) in [5.74, 6) is -2.47. The fourth-order valence-corrected chi connectivity index (χ4v) is 9.12. The summed E-state index contributed by atoms with van der Waals surface area (Å²) in [5.41, 5.74) is -3.76. The van der Waals surface area contributed by atoms with Gasteiger partial charge in [0.05, 0.1) is 24.6 Å². The average Bonchev–Trinajstić information content (AvgIpc) is 4.04. The van der Waals surface area contributed by atoms with Crippen molar-refractivity contribution in [3.63, 3.8) is 0 Å². The van der Waals surface area contributed by atoms with Gasteiger partial charge in [-0.2, -0.15) is 0 Å². The number of ether oxygens (including phenoxy) is 3. The van der Waals surface area contributed by atoms with E-state index in [0.717, 1.165) is 19.2 Å². The van der Waals surface area contributed by atoms with Crippen LogP contribution in [0.1, 0.15) is 86.0 Å². The largest absolute Gasteiger partial charge is 0.494 e. The first-order valence-electron chi connectivity index (χ1n) is 19.6. The Hall–Kier alpha value is -4.54. The minimum absolute atomic E-state index is 0.0340. The molecule has 4 aliphatic rings. The molecule has 2 aliphatic carbocycles. The first-order valence-corrected chi connectivity index (χ1v) is 21.0. The quantitative estimate of drug-likeness (QED) is 0.276. The van der Waals surface area contributed by atoms with Gasteiger partial charge in [-0.15, -0.1) is 0 Å². The molecule has 312 valence electrons. The molecule has 7 unspecified atom stereocenters. The molecule has 1 aromatic heterocycles. The second kappa shape index (κ2) is 16.0. The summed E-state index contributed by atoms with van der Waals surface area (Å²) in [6.07, 6.45) is 3.23. The molecule has 2 aliphatic heterocycles. The lowest BCUT2D eigenvalue weighted by Crippen LogP contribution is -2.59. The van der Waals surface area contributed by atoms with Crippen LogP contribution < -0.4 is 24.8 Å². The number of hydrogen-bond acceptors (Lipinski definition) is 10. The van der Waals surface area contributed by atoms with E-state index in [1.165, 1.54) is 18.2 Å². The van der Waals surface area contributed by atoms with Gasteiger partial charge in [0.25, 0.3) is 12.3 Å². The second-order valence-corrected chi connectivity index (χ2v) is 18.9. The SMILES string of the molecule is CCC1CC(C)CCC=CC2CC2(C(=O)NS(=O)(=O)C2(C)CC2)NC(=O)C2CC(Oc3ncc(OC)c4ccccc34)CN2C(=O)C1NC(=O)OC(C)(C)C(F)F. The lowest BCUT2D eigenvalue weighted by atomic mass is 9.85. The number of pyridine rings is 1. The maximum atomic E-state index is 14.9. The van der Waals surface area contributed by atoms with E-state index in [1.54, 1.807) is 19.1 Å². The highest BCUT2D eigenvalue weighted by molar-refractivity contribution is 7.91. The van der Waals surface area contributed by atoms with Gasteiger partial charge < -0.3 is 29.7 Å². The molecule has 3 N–H and O–H groups in total. The first kappa shape index (κ1) is 42.1. The number of nitrogens with one attached hydrogen (secondary N) is 3. The molecule has 17 heteroatoms. The number of halogens is 2. The van der Waals surface area contributed by atoms with Gasteiger partial charge in [0.15, 0.2) is 5.60 Å². The van der Waals surface area contributed by atoms with Crippen LogP contribution in [0.25, 0.3) is 10.8 Å². The zero-order chi connectivity index (χ0) is 41.5. The van der Waals surface area contributed by atoms with Crippen molar-refractivity contribution < 1.29 is 50.6 Å². The molecular weight excluding hydrogens is 765 g/mol. The molecule has 2 aromatic rings. The minimum Gasteiger partial charge on any atom is -0.494 e. The molecule has 1 aromatic carbocycles. The summed E-state index contributed by atoms with van der Waals surface area (Å²) < 4.78 is 72.1. The van der Waals surface area contributed by atoms with Gasteiger partial charge in [-0.1, -0.05) is 50.6 Å². The number of aromatic nitrogens is 1. The van der Waals surface area contributed by atoms with Gasteiger partial charge in [0.2, 0.25) is 27.7 Å². The Balaban J connectivity index is 1.37. The molecule has 0 radical (unpaired) electrons. The molecule has 57 heavy (non-hydrogen) atoms. The summed E-state index contributed by atoms with van der Waals surface area (Å²) in [6, 6.07) is 4.73. The maximum absolute atomic E-state index is 14.9. The minimum atomic E-state index is -4.05. The zero-order valence-electron chi connectivity index (χ0n) is 33.2. The first-order chi connectivity index (χ1) is 26.8. The van der Waals surface area contributed by atoms with Crippen LogP contribution in [0.15, 0.2) is 42.6 Å². The molecular formula is C40H53F2N5O9S. The van der Waals surface area contributed by atoms with Crippen LogP contribution in [0, 0.1) is 17.8 Å². The van der Waals surface area contributed by atoms with Gasteiger partial charge in [-0.25, -0.2) is 27.0 Å². The average molecular weight is 818 g/mol. The van der Waals surface area contributed by atoms with E-state index in [4.69, 9.17) is 14.2 Å². The molecule has 1 saturated heterocycles. The summed E-state index contributed by atoms with van der Waals surface area (Å²) in [7, 11) is -2.53. The predicted molar refractivity (Wildman–Crippen MR) is 206 cm³/mol. The number of allylic oxidation sites excluding steroid dienone is 1. The predicted octanol–water partition coefficient (Wildman–Crippen LogP) is 5.01. The Labute approximate surface area is 331 Å². The molecule has 2 saturated carbocycles. The Kier molecular flexibility index (Phi) is 11.8. The normalized spacial score (nSPS) is 29.0. The number of carbonyl (C=O) groups is 4. The highest BCUT2D eigenvalue weighted by atomic mass is 32.2. The van der Waals surface area contributed by atoms with Crippen molar-refractivity contribution in [1.82, 2.24) is 25.2 Å². The van der Waals surface area contributed by atoms with Gasteiger partial charge >= 0.3 is 6.09 Å². The van der Waals surface area contributed by atoms with Crippen molar-refractivity contribution in [1.29, 1.82) is 0 Å². The number of benzene rings is 1. The molecule has 3 heterocycles. The van der Waals surface area contributed by atoms with Crippen LogP contribution in [-0.4, -0.2) is 96.3 Å². The van der Waals surface area contributed by atoms with E-state index in [-0.39, 0.29) is 31.2 Å². The Morgan fingerprint density at radius 3 is 2.49 bits per heavy atom. The number of methoxy groups -OCH3 is 1. The van der Waals surface area contributed by atoms with Crippen LogP contribution in [0.4, 0.5) is 13.6 Å². The molecule has 4 amide bonds. The highest BCUT2D eigenvalue weighted by Gasteiger charge is 2.63. The van der Waals surface area contributed by atoms with Gasteiger partial charge in [0.1, 0.15) is 29.5 Å². The fourth-order valence-electron chi connectivity index (χ4n) is 7.81. The van der Waals surface area contributed by atoms with Gasteiger partial charge in [-0.3, -0.25) is 19.1 Å². The fraction of sp³-hybridized carbons (Fsp3) is 0.625. The molecule has 0 bridgehead atoms. The third kappa shape index (κ3) is 8.68. The van der Waals surface area contributed by atoms with Crippen molar-refractivity contribution in [3.8, 4) is 11.6 Å². The van der Waals surface area contributed by atoms with Gasteiger partial charge in [0, 0.05) is 23.1 Å². The molecule has 6 rings (SSSR count). The molecule has 0 spiro atoms. The van der Waals surface area contributed by atoms with Crippen LogP contribution >= 0.6 is 0 Å². The van der Waals surface area contributed by atoms with E-state index in [1.807, 2.05) is 38.1 Å². The number of amides is 4. The van der Waals surface area contributed by atoms with Crippen molar-refractivity contribution in [2.24, 2.45) is 17.8 Å². The topological polar surface area (TPSA) is 182 Å². The lowest BCUT2D eigenvalue weighted by Gasteiger charge is -2.34. The Bertz CT molecular complexity index is 2030. The van der Waals surface area contributed by atoms with Crippen molar-refractivity contribution in [2.75, 3.05) is 13.7 Å². The summed E-state index contributed by atoms with van der Waals surface area (Å²) >= 11 is 0. The highest BCUT2D eigenvalue weighted by Crippen LogP contribution is 2.48. The summed E-state index contributed by atoms with van der Waals surface area (Å²) in [4.78, 5) is 62.4. The Morgan fingerprint density at radius 1 is 1.14 bits per heavy atom. The van der Waals surface area contributed by atoms with Crippen molar-refractivity contribution in [3.05, 3.63) is 42.6 Å². The lowest BCUT2D eigenvalue weighted by molar-refractivity contribution is -0.142. The smallest absolute Gasteiger partial charge is 0.408 e. The van der Waals surface area contributed by atoms with Crippen LogP contribution in [-0.2, 0) is 29.1 Å². The van der Waals surface area contributed by atoms with Crippen molar-refractivity contribution >= 4 is 44.6 Å². The number of rotatable bonds is 10.